The van der Waals surface area contributed by atoms with Crippen LogP contribution in [0.2, 0.25) is 0 Å². The molecule has 2 aromatic carbocycles. The molecule has 0 spiro atoms. The molecular weight excluding hydrogens is 585 g/mol. The molecule has 10 heteroatoms. The first kappa shape index (κ1) is 31.7. The van der Waals surface area contributed by atoms with Crippen molar-refractivity contribution in [2.24, 2.45) is 5.92 Å². The monoisotopic (exact) mass is 627 g/mol. The SMILES string of the molecule is COc1ccc(C(=O)C2CCN(C(=O)c3ccc(C(=O)NC4CCN(Cc5ccc(N6CCCC6)cc5)C[C@H]4F)cn3)CC2)cc1. The minimum Gasteiger partial charge on any atom is -0.497 e. The molecule has 0 saturated carbocycles. The first-order chi connectivity index (χ1) is 22.4. The summed E-state index contributed by atoms with van der Waals surface area (Å²) >= 11 is 0. The van der Waals surface area contributed by atoms with Gasteiger partial charge in [0.25, 0.3) is 11.8 Å². The summed E-state index contributed by atoms with van der Waals surface area (Å²) in [5.74, 6) is -0.00145. The maximum atomic E-state index is 15.2. The van der Waals surface area contributed by atoms with E-state index >= 15 is 4.39 Å². The Bertz CT molecular complexity index is 1500. The van der Waals surface area contributed by atoms with Gasteiger partial charge in [-0.2, -0.15) is 0 Å². The first-order valence-electron chi connectivity index (χ1n) is 16.3. The van der Waals surface area contributed by atoms with E-state index in [1.165, 1.54) is 30.8 Å². The Morgan fingerprint density at radius 2 is 1.57 bits per heavy atom. The van der Waals surface area contributed by atoms with E-state index in [4.69, 9.17) is 4.74 Å². The number of ether oxygens (including phenoxy) is 1. The fourth-order valence-corrected chi connectivity index (χ4v) is 6.72. The molecule has 1 aromatic heterocycles. The predicted octanol–water partition coefficient (Wildman–Crippen LogP) is 4.77. The highest BCUT2D eigenvalue weighted by Crippen LogP contribution is 2.25. The number of aromatic nitrogens is 1. The van der Waals surface area contributed by atoms with Gasteiger partial charge in [0, 0.05) is 69.2 Å². The summed E-state index contributed by atoms with van der Waals surface area (Å²) in [7, 11) is 1.59. The number of halogens is 1. The molecule has 2 amide bonds. The summed E-state index contributed by atoms with van der Waals surface area (Å²) in [4.78, 5) is 49.4. The molecule has 46 heavy (non-hydrogen) atoms. The van der Waals surface area contributed by atoms with Gasteiger partial charge in [0.1, 0.15) is 17.6 Å². The zero-order valence-corrected chi connectivity index (χ0v) is 26.4. The lowest BCUT2D eigenvalue weighted by Crippen LogP contribution is -2.52. The molecule has 0 bridgehead atoms. The van der Waals surface area contributed by atoms with Crippen molar-refractivity contribution in [1.82, 2.24) is 20.1 Å². The summed E-state index contributed by atoms with van der Waals surface area (Å²) in [5.41, 5.74) is 3.57. The number of anilines is 1. The van der Waals surface area contributed by atoms with Crippen molar-refractivity contribution >= 4 is 23.3 Å². The van der Waals surface area contributed by atoms with Gasteiger partial charge < -0.3 is 19.9 Å². The molecular formula is C36H42FN5O4. The van der Waals surface area contributed by atoms with Crippen LogP contribution < -0.4 is 15.0 Å². The number of carbonyl (C=O) groups is 3. The van der Waals surface area contributed by atoms with Gasteiger partial charge in [0.05, 0.1) is 18.7 Å². The highest BCUT2D eigenvalue weighted by Gasteiger charge is 2.32. The number of nitrogens with one attached hydrogen (secondary N) is 1. The lowest BCUT2D eigenvalue weighted by atomic mass is 9.88. The van der Waals surface area contributed by atoms with Crippen molar-refractivity contribution in [2.45, 2.75) is 50.9 Å². The normalized spacial score (nSPS) is 20.8. The number of benzene rings is 2. The molecule has 3 saturated heterocycles. The van der Waals surface area contributed by atoms with Crippen LogP contribution in [-0.2, 0) is 6.54 Å². The van der Waals surface area contributed by atoms with Gasteiger partial charge in [-0.1, -0.05) is 12.1 Å². The number of amides is 2. The van der Waals surface area contributed by atoms with Crippen molar-refractivity contribution in [3.63, 3.8) is 0 Å². The van der Waals surface area contributed by atoms with Gasteiger partial charge in [-0.15, -0.1) is 0 Å². The third-order valence-corrected chi connectivity index (χ3v) is 9.53. The predicted molar refractivity (Wildman–Crippen MR) is 174 cm³/mol. The third kappa shape index (κ3) is 7.39. The number of nitrogens with zero attached hydrogens (tertiary/aromatic N) is 4. The number of hydrogen-bond acceptors (Lipinski definition) is 7. The Balaban J connectivity index is 0.950. The highest BCUT2D eigenvalue weighted by molar-refractivity contribution is 5.99. The van der Waals surface area contributed by atoms with Crippen molar-refractivity contribution in [3.8, 4) is 5.75 Å². The summed E-state index contributed by atoms with van der Waals surface area (Å²) in [5, 5.41) is 2.83. The molecule has 1 unspecified atom stereocenters. The topological polar surface area (TPSA) is 95.1 Å². The van der Waals surface area contributed by atoms with E-state index in [0.717, 1.165) is 18.7 Å². The molecule has 242 valence electrons. The van der Waals surface area contributed by atoms with E-state index in [9.17, 15) is 14.4 Å². The zero-order valence-electron chi connectivity index (χ0n) is 26.4. The zero-order chi connectivity index (χ0) is 32.0. The lowest BCUT2D eigenvalue weighted by Gasteiger charge is -2.35. The molecule has 0 radical (unpaired) electrons. The molecule has 2 atom stereocenters. The minimum atomic E-state index is -1.19. The number of piperidine rings is 2. The van der Waals surface area contributed by atoms with Crippen LogP contribution in [0.4, 0.5) is 10.1 Å². The molecule has 3 fully saturated rings. The quantitative estimate of drug-likeness (QED) is 0.342. The summed E-state index contributed by atoms with van der Waals surface area (Å²) in [6.07, 6.45) is 4.33. The average Bonchev–Trinajstić information content (AvgIpc) is 3.65. The maximum absolute atomic E-state index is 15.2. The standard InChI is InChI=1S/C36H42FN5O4/c1-46-30-11-6-26(7-12-30)34(43)27-14-20-42(21-15-27)36(45)33-13-8-28(22-38-33)35(44)39-32-16-19-40(24-31(32)37)23-25-4-9-29(10-5-25)41-17-2-3-18-41/h4-13,22,27,31-32H,2-3,14-21,23-24H2,1H3,(H,39,44)/t31-,32?/m1/s1. The maximum Gasteiger partial charge on any atom is 0.272 e. The van der Waals surface area contributed by atoms with Crippen LogP contribution in [0.1, 0.15) is 68.9 Å². The second-order valence-electron chi connectivity index (χ2n) is 12.6. The Labute approximate surface area is 269 Å². The second-order valence-corrected chi connectivity index (χ2v) is 12.6. The van der Waals surface area contributed by atoms with Crippen LogP contribution in [0.3, 0.4) is 0 Å². The van der Waals surface area contributed by atoms with Gasteiger partial charge >= 0.3 is 0 Å². The molecule has 0 aliphatic carbocycles. The van der Waals surface area contributed by atoms with E-state index in [1.807, 2.05) is 0 Å². The number of pyridine rings is 1. The largest absolute Gasteiger partial charge is 0.497 e. The summed E-state index contributed by atoms with van der Waals surface area (Å²) in [6, 6.07) is 18.2. The average molecular weight is 628 g/mol. The smallest absolute Gasteiger partial charge is 0.272 e. The van der Waals surface area contributed by atoms with Crippen LogP contribution in [0.15, 0.2) is 66.9 Å². The Kier molecular flexibility index (Phi) is 9.92. The fraction of sp³-hybridized carbons (Fsp3) is 0.444. The number of alkyl halides is 1. The lowest BCUT2D eigenvalue weighted by molar-refractivity contribution is 0.0645. The summed E-state index contributed by atoms with van der Waals surface area (Å²) in [6.45, 7) is 4.75. The van der Waals surface area contributed by atoms with E-state index in [1.54, 1.807) is 42.3 Å². The Hall–Kier alpha value is -4.31. The van der Waals surface area contributed by atoms with Crippen LogP contribution in [-0.4, -0.2) is 91.0 Å². The third-order valence-electron chi connectivity index (χ3n) is 9.53. The number of hydrogen-bond donors (Lipinski definition) is 1. The Morgan fingerprint density at radius 3 is 2.20 bits per heavy atom. The first-order valence-corrected chi connectivity index (χ1v) is 16.3. The molecule has 1 N–H and O–H groups in total. The van der Waals surface area contributed by atoms with Gasteiger partial charge in [0.2, 0.25) is 0 Å². The minimum absolute atomic E-state index is 0.0759. The number of likely N-dealkylation sites (tertiary alicyclic amines) is 2. The van der Waals surface area contributed by atoms with Gasteiger partial charge in [-0.05, 0) is 86.2 Å². The highest BCUT2D eigenvalue weighted by atomic mass is 19.1. The van der Waals surface area contributed by atoms with Crippen molar-refractivity contribution in [1.29, 1.82) is 0 Å². The molecule has 3 aromatic rings. The summed E-state index contributed by atoms with van der Waals surface area (Å²) < 4.78 is 20.3. The van der Waals surface area contributed by atoms with Crippen molar-refractivity contribution in [3.05, 3.63) is 89.2 Å². The number of rotatable bonds is 9. The number of ketones is 1. The van der Waals surface area contributed by atoms with Gasteiger partial charge in [-0.3, -0.25) is 24.3 Å². The van der Waals surface area contributed by atoms with Gasteiger partial charge in [-0.25, -0.2) is 4.39 Å². The molecule has 6 rings (SSSR count). The number of methoxy groups -OCH3 is 1. The van der Waals surface area contributed by atoms with Crippen molar-refractivity contribution < 1.29 is 23.5 Å². The van der Waals surface area contributed by atoms with E-state index in [0.29, 0.717) is 56.8 Å². The molecule has 4 heterocycles. The molecule has 3 aliphatic rings. The Morgan fingerprint density at radius 1 is 0.870 bits per heavy atom. The number of Topliss-reactive ketones (excluding diaryl/α,β-unsaturated/α-hetero) is 1. The van der Waals surface area contributed by atoms with E-state index in [2.05, 4.69) is 44.4 Å². The number of carbonyl (C=O) groups excluding carboxylic acids is 3. The molecule has 3 aliphatic heterocycles. The van der Waals surface area contributed by atoms with E-state index in [-0.39, 0.29) is 35.4 Å². The van der Waals surface area contributed by atoms with Crippen molar-refractivity contribution in [2.75, 3.05) is 51.3 Å². The van der Waals surface area contributed by atoms with Crippen LogP contribution in [0, 0.1) is 5.92 Å². The van der Waals surface area contributed by atoms with Crippen LogP contribution in [0.5, 0.6) is 5.75 Å². The molecule has 9 nitrogen and oxygen atoms in total. The van der Waals surface area contributed by atoms with Crippen LogP contribution in [0.25, 0.3) is 0 Å². The van der Waals surface area contributed by atoms with Gasteiger partial charge in [0.15, 0.2) is 5.78 Å². The van der Waals surface area contributed by atoms with Crippen LogP contribution >= 0.6 is 0 Å². The van der Waals surface area contributed by atoms with E-state index < -0.39 is 18.1 Å². The second kappa shape index (κ2) is 14.4. The fourth-order valence-electron chi connectivity index (χ4n) is 6.72.